The molecule has 234 valence electrons. The van der Waals surface area contributed by atoms with Crippen molar-refractivity contribution in [3.05, 3.63) is 11.6 Å². The Morgan fingerprint density at radius 2 is 1.90 bits per heavy atom. The summed E-state index contributed by atoms with van der Waals surface area (Å²) < 4.78 is 17.3. The van der Waals surface area contributed by atoms with Crippen molar-refractivity contribution in [2.75, 3.05) is 6.61 Å². The average molecular weight is 592 g/mol. The van der Waals surface area contributed by atoms with Crippen molar-refractivity contribution < 1.29 is 44.2 Å². The summed E-state index contributed by atoms with van der Waals surface area (Å²) in [6.07, 6.45) is 5.06. The van der Waals surface area contributed by atoms with Crippen LogP contribution in [0.5, 0.6) is 0 Å². The van der Waals surface area contributed by atoms with Gasteiger partial charge >= 0.3 is 12.0 Å². The minimum Gasteiger partial charge on any atom is -0.458 e. The van der Waals surface area contributed by atoms with E-state index in [0.717, 1.165) is 18.4 Å². The summed E-state index contributed by atoms with van der Waals surface area (Å²) in [7, 11) is 0. The van der Waals surface area contributed by atoms with Gasteiger partial charge in [-0.25, -0.2) is 15.0 Å². The number of ether oxygens (including phenoxy) is 3. The zero-order chi connectivity index (χ0) is 30.1. The Morgan fingerprint density at radius 1 is 1.14 bits per heavy atom. The number of primary amides is 1. The van der Waals surface area contributed by atoms with Gasteiger partial charge in [0.1, 0.15) is 12.7 Å². The van der Waals surface area contributed by atoms with E-state index in [0.29, 0.717) is 44.9 Å². The Bertz CT molecular complexity index is 1150. The molecule has 12 nitrogen and oxygen atoms in total. The molecule has 0 bridgehead atoms. The predicted octanol–water partition coefficient (Wildman–Crippen LogP) is 1.23. The molecule has 2 heterocycles. The van der Waals surface area contributed by atoms with E-state index in [1.807, 2.05) is 0 Å². The fourth-order valence-corrected chi connectivity index (χ4v) is 10.00. The van der Waals surface area contributed by atoms with Gasteiger partial charge in [0.05, 0.1) is 29.5 Å². The zero-order valence-corrected chi connectivity index (χ0v) is 24.4. The van der Waals surface area contributed by atoms with Crippen LogP contribution in [0.25, 0.3) is 0 Å². The number of aliphatic hydroxyl groups is 4. The van der Waals surface area contributed by atoms with Gasteiger partial charge in [-0.15, -0.1) is 0 Å². The molecule has 2 amide bonds. The molecule has 2 aliphatic heterocycles. The van der Waals surface area contributed by atoms with Crippen LogP contribution in [0.2, 0.25) is 0 Å². The van der Waals surface area contributed by atoms with E-state index in [4.69, 9.17) is 19.9 Å². The second-order valence-corrected chi connectivity index (χ2v) is 13.9. The molecular weight excluding hydrogens is 546 g/mol. The lowest BCUT2D eigenvalue weighted by Gasteiger charge is -2.66. The van der Waals surface area contributed by atoms with Gasteiger partial charge in [-0.1, -0.05) is 6.92 Å². The summed E-state index contributed by atoms with van der Waals surface area (Å²) in [5.74, 6) is -0.495. The summed E-state index contributed by atoms with van der Waals surface area (Å²) in [6.45, 7) is 4.11. The lowest BCUT2D eigenvalue weighted by atomic mass is 9.41. The van der Waals surface area contributed by atoms with Gasteiger partial charge in [0.2, 0.25) is 0 Å². The van der Waals surface area contributed by atoms with Crippen molar-refractivity contribution in [3.8, 4) is 0 Å². The molecule has 6 rings (SSSR count). The Labute approximate surface area is 245 Å². The first-order valence-electron chi connectivity index (χ1n) is 15.4. The van der Waals surface area contributed by atoms with Crippen LogP contribution in [0.3, 0.4) is 0 Å². The highest BCUT2D eigenvalue weighted by atomic mass is 16.7. The number of rotatable bonds is 5. The van der Waals surface area contributed by atoms with Crippen molar-refractivity contribution in [2.45, 2.75) is 120 Å². The number of amides is 2. The number of nitrogens with one attached hydrogen (secondary N) is 1. The smallest absolute Gasteiger partial charge is 0.332 e. The van der Waals surface area contributed by atoms with Crippen LogP contribution in [0, 0.1) is 28.6 Å². The lowest BCUT2D eigenvalue weighted by molar-refractivity contribution is -0.282. The molecule has 4 aliphatic carbocycles. The second-order valence-electron chi connectivity index (χ2n) is 13.9. The number of hydrogen-bond donors (Lipinski definition) is 6. The Morgan fingerprint density at radius 3 is 2.60 bits per heavy atom. The summed E-state index contributed by atoms with van der Waals surface area (Å²) >= 11 is 0. The van der Waals surface area contributed by atoms with Crippen LogP contribution < -0.4 is 11.2 Å². The number of hydrogen-bond acceptors (Lipinski definition) is 10. The highest BCUT2D eigenvalue weighted by molar-refractivity contribution is 5.85. The molecule has 7 N–H and O–H groups in total. The Hall–Kier alpha value is -2.09. The predicted molar refractivity (Wildman–Crippen MR) is 149 cm³/mol. The molecule has 12 atom stereocenters. The van der Waals surface area contributed by atoms with E-state index < -0.39 is 52.7 Å². The normalized spacial score (nSPS) is 50.4. The highest BCUT2D eigenvalue weighted by Gasteiger charge is 2.71. The number of carbonyl (C=O) groups excluding carboxylic acids is 2. The number of nitrogens with two attached hydrogens (primary N) is 1. The molecule has 0 spiro atoms. The summed E-state index contributed by atoms with van der Waals surface area (Å²) in [6, 6.07) is -0.796. The fourth-order valence-electron chi connectivity index (χ4n) is 10.00. The molecule has 1 saturated heterocycles. The average Bonchev–Trinajstić information content (AvgIpc) is 3.46. The van der Waals surface area contributed by atoms with Crippen molar-refractivity contribution >= 4 is 18.2 Å². The second kappa shape index (κ2) is 10.5. The Balaban J connectivity index is 1.27. The number of urea groups is 1. The third-order valence-electron chi connectivity index (χ3n) is 12.1. The number of esters is 1. The first kappa shape index (κ1) is 30.0. The summed E-state index contributed by atoms with van der Waals surface area (Å²) in [5.41, 5.74) is 5.09. The van der Waals surface area contributed by atoms with Crippen LogP contribution in [0.4, 0.5) is 4.79 Å². The lowest BCUT2D eigenvalue weighted by Crippen LogP contribution is -2.69. The minimum absolute atomic E-state index is 0.0488. The topological polar surface area (TPSA) is 193 Å². The Kier molecular flexibility index (Phi) is 7.50. The standard InChI is InChI=1S/C30H45N3O9/c1-16-25(36)22(34)12-24(41-16)42-18-3-8-28(15-32-33-26(31)37)20-4-7-27(2)19(17-11-23(35)40-14-17)6-10-30(27,39)21(20)5-9-29(28,38)13-18/h11,15-16,18-22,24-25,34,36,38-39H,3-10,12-14H2,1-2H3,(H3,31,33,37)/b32-15+/t16-,18-,19+,20-,21+,22+,24-,25+,27+,28-,29-,30-/m0/s1. The molecular formula is C30H45N3O9. The van der Waals surface area contributed by atoms with Gasteiger partial charge in [-0.05, 0) is 81.6 Å². The van der Waals surface area contributed by atoms with Crippen LogP contribution >= 0.6 is 0 Å². The van der Waals surface area contributed by atoms with Crippen LogP contribution in [-0.4, -0.2) is 87.2 Å². The number of aliphatic hydroxyl groups excluding tert-OH is 2. The van der Waals surface area contributed by atoms with Crippen molar-refractivity contribution in [2.24, 2.45) is 39.4 Å². The maximum Gasteiger partial charge on any atom is 0.332 e. The molecule has 42 heavy (non-hydrogen) atoms. The van der Waals surface area contributed by atoms with E-state index in [9.17, 15) is 30.0 Å². The summed E-state index contributed by atoms with van der Waals surface area (Å²) in [5, 5.41) is 49.5. The SMILES string of the molecule is C[C@@H]1O[C@@H](O[C@H]2CC[C@]3(/C=N/NC(N)=O)[C@H]4CC[C@]5(C)[C@@H](C6=CC(=O)OC6)CC[C@]5(O)[C@@H]4CC[C@]3(O)C2)C[C@@H](O)[C@@H]1O. The van der Waals surface area contributed by atoms with E-state index in [1.54, 1.807) is 19.2 Å². The highest BCUT2D eigenvalue weighted by Crippen LogP contribution is 2.70. The monoisotopic (exact) mass is 591 g/mol. The molecule has 6 aliphatic rings. The minimum atomic E-state index is -1.23. The molecule has 4 saturated carbocycles. The van der Waals surface area contributed by atoms with Crippen LogP contribution in [0.1, 0.15) is 78.1 Å². The van der Waals surface area contributed by atoms with Crippen molar-refractivity contribution in [1.82, 2.24) is 5.43 Å². The molecule has 0 aromatic carbocycles. The van der Waals surface area contributed by atoms with E-state index in [1.165, 1.54) is 0 Å². The number of nitrogens with zero attached hydrogens (tertiary/aromatic N) is 1. The molecule has 0 unspecified atom stereocenters. The van der Waals surface area contributed by atoms with E-state index in [2.05, 4.69) is 17.5 Å². The van der Waals surface area contributed by atoms with E-state index in [-0.39, 0.29) is 42.9 Å². The third kappa shape index (κ3) is 4.52. The maximum absolute atomic E-state index is 12.5. The molecule has 0 radical (unpaired) electrons. The number of carbonyl (C=O) groups is 2. The molecule has 5 fully saturated rings. The maximum atomic E-state index is 12.5. The summed E-state index contributed by atoms with van der Waals surface area (Å²) in [4.78, 5) is 23.4. The number of fused-ring (bicyclic) bond motifs is 5. The quantitative estimate of drug-likeness (QED) is 0.118. The first-order chi connectivity index (χ1) is 19.8. The first-order valence-corrected chi connectivity index (χ1v) is 15.4. The van der Waals surface area contributed by atoms with Gasteiger partial charge in [0.15, 0.2) is 6.29 Å². The van der Waals surface area contributed by atoms with E-state index >= 15 is 0 Å². The van der Waals surface area contributed by atoms with Gasteiger partial charge in [-0.3, -0.25) is 0 Å². The molecule has 0 aromatic heterocycles. The number of cyclic esters (lactones) is 1. The van der Waals surface area contributed by atoms with Gasteiger partial charge in [0.25, 0.3) is 0 Å². The third-order valence-corrected chi connectivity index (χ3v) is 12.1. The zero-order valence-electron chi connectivity index (χ0n) is 24.4. The number of hydrazone groups is 1. The van der Waals surface area contributed by atoms with Gasteiger partial charge in [0, 0.05) is 36.0 Å². The van der Waals surface area contributed by atoms with Gasteiger partial charge < -0.3 is 40.4 Å². The fraction of sp³-hybridized carbons (Fsp3) is 0.833. The van der Waals surface area contributed by atoms with Crippen LogP contribution in [-0.2, 0) is 19.0 Å². The molecule has 12 heteroatoms. The van der Waals surface area contributed by atoms with Crippen molar-refractivity contribution in [3.63, 3.8) is 0 Å². The largest absolute Gasteiger partial charge is 0.458 e. The molecule has 0 aromatic rings. The van der Waals surface area contributed by atoms with Crippen molar-refractivity contribution in [1.29, 1.82) is 0 Å². The van der Waals surface area contributed by atoms with Gasteiger partial charge in [-0.2, -0.15) is 5.10 Å². The van der Waals surface area contributed by atoms with Crippen LogP contribution in [0.15, 0.2) is 16.8 Å².